The van der Waals surface area contributed by atoms with Gasteiger partial charge < -0.3 is 13.3 Å². The molecule has 0 N–H and O–H groups in total. The van der Waals surface area contributed by atoms with E-state index in [-0.39, 0.29) is 6.10 Å². The average molecular weight is 303 g/mol. The second-order valence-electron chi connectivity index (χ2n) is 5.13. The molecule has 120 valence electrons. The van der Waals surface area contributed by atoms with Crippen LogP contribution in [0.5, 0.6) is 0 Å². The van der Waals surface area contributed by atoms with Crippen molar-refractivity contribution in [2.24, 2.45) is 0 Å². The molecular weight excluding hydrogens is 268 g/mol. The first-order valence-electron chi connectivity index (χ1n) is 8.22. The fourth-order valence-electron chi connectivity index (χ4n) is 2.21. The Bertz CT molecular complexity index is 228. The van der Waals surface area contributed by atoms with Gasteiger partial charge in [-0.15, -0.1) is 6.58 Å². The van der Waals surface area contributed by atoms with Crippen molar-refractivity contribution in [3.8, 4) is 0 Å². The van der Waals surface area contributed by atoms with Crippen LogP contribution < -0.4 is 0 Å². The summed E-state index contributed by atoms with van der Waals surface area (Å²) in [6.45, 7) is 13.3. The largest absolute Gasteiger partial charge is 0.501 e. The van der Waals surface area contributed by atoms with Gasteiger partial charge in [0.15, 0.2) is 0 Å². The molecule has 0 aromatic carbocycles. The van der Waals surface area contributed by atoms with Crippen LogP contribution in [0.4, 0.5) is 0 Å². The van der Waals surface area contributed by atoms with Crippen molar-refractivity contribution >= 4 is 8.80 Å². The van der Waals surface area contributed by atoms with Gasteiger partial charge in [0.25, 0.3) is 0 Å². The van der Waals surface area contributed by atoms with Gasteiger partial charge in [0, 0.05) is 19.3 Å². The Morgan fingerprint density at radius 2 is 1.50 bits per heavy atom. The SMILES string of the molecule is C=CC(C)O[Si](CCCCCCCC)(OCC)OCC. The number of hydrogen-bond acceptors (Lipinski definition) is 3. The van der Waals surface area contributed by atoms with E-state index >= 15 is 0 Å². The van der Waals surface area contributed by atoms with Gasteiger partial charge >= 0.3 is 8.80 Å². The molecular formula is C16H34O3Si. The number of hydrogen-bond donors (Lipinski definition) is 0. The lowest BCUT2D eigenvalue weighted by Gasteiger charge is -2.31. The minimum Gasteiger partial charge on any atom is -0.374 e. The first kappa shape index (κ1) is 19.8. The zero-order valence-electron chi connectivity index (χ0n) is 14.0. The molecule has 0 aromatic heterocycles. The molecule has 0 spiro atoms. The normalized spacial score (nSPS) is 13.4. The van der Waals surface area contributed by atoms with Crippen molar-refractivity contribution in [1.82, 2.24) is 0 Å². The van der Waals surface area contributed by atoms with Gasteiger partial charge in [-0.1, -0.05) is 45.1 Å². The van der Waals surface area contributed by atoms with Crippen molar-refractivity contribution in [2.45, 2.75) is 78.4 Å². The quantitative estimate of drug-likeness (QED) is 0.258. The summed E-state index contributed by atoms with van der Waals surface area (Å²) in [4.78, 5) is 0. The lowest BCUT2D eigenvalue weighted by Crippen LogP contribution is -2.47. The highest BCUT2D eigenvalue weighted by Gasteiger charge is 2.41. The summed E-state index contributed by atoms with van der Waals surface area (Å²) in [5.74, 6) is 0. The zero-order chi connectivity index (χ0) is 15.3. The molecule has 0 aliphatic rings. The summed E-state index contributed by atoms with van der Waals surface area (Å²) in [6.07, 6.45) is 9.41. The van der Waals surface area contributed by atoms with Gasteiger partial charge in [0.05, 0.1) is 6.10 Å². The second-order valence-corrected chi connectivity index (χ2v) is 7.80. The summed E-state index contributed by atoms with van der Waals surface area (Å²) in [7, 11) is -2.52. The van der Waals surface area contributed by atoms with Gasteiger partial charge in [0.1, 0.15) is 0 Å². The smallest absolute Gasteiger partial charge is 0.374 e. The second kappa shape index (κ2) is 12.6. The molecule has 0 saturated carbocycles. The maximum atomic E-state index is 6.07. The minimum absolute atomic E-state index is 0.0140. The Balaban J connectivity index is 4.30. The van der Waals surface area contributed by atoms with E-state index in [9.17, 15) is 0 Å². The summed E-state index contributed by atoms with van der Waals surface area (Å²) < 4.78 is 17.9. The van der Waals surface area contributed by atoms with E-state index < -0.39 is 8.80 Å². The molecule has 20 heavy (non-hydrogen) atoms. The van der Waals surface area contributed by atoms with Crippen LogP contribution in [0.3, 0.4) is 0 Å². The van der Waals surface area contributed by atoms with Gasteiger partial charge in [0.2, 0.25) is 0 Å². The van der Waals surface area contributed by atoms with Gasteiger partial charge in [-0.25, -0.2) is 0 Å². The van der Waals surface area contributed by atoms with E-state index in [4.69, 9.17) is 13.3 Å². The van der Waals surface area contributed by atoms with Crippen LogP contribution in [0.15, 0.2) is 12.7 Å². The third-order valence-electron chi connectivity index (χ3n) is 3.26. The first-order valence-corrected chi connectivity index (χ1v) is 10.2. The molecule has 0 fully saturated rings. The Morgan fingerprint density at radius 3 is 2.00 bits per heavy atom. The van der Waals surface area contributed by atoms with Crippen LogP contribution in [-0.4, -0.2) is 28.1 Å². The third-order valence-corrected chi connectivity index (χ3v) is 6.42. The van der Waals surface area contributed by atoms with Crippen LogP contribution in [-0.2, 0) is 13.3 Å². The molecule has 3 nitrogen and oxygen atoms in total. The summed E-state index contributed by atoms with van der Waals surface area (Å²) in [5, 5.41) is 0. The highest BCUT2D eigenvalue weighted by molar-refractivity contribution is 6.60. The molecule has 0 saturated heterocycles. The zero-order valence-corrected chi connectivity index (χ0v) is 15.0. The van der Waals surface area contributed by atoms with Gasteiger partial charge in [-0.05, 0) is 27.2 Å². The molecule has 1 unspecified atom stereocenters. The molecule has 4 heteroatoms. The fourth-order valence-corrected chi connectivity index (χ4v) is 5.06. The van der Waals surface area contributed by atoms with Gasteiger partial charge in [-0.2, -0.15) is 0 Å². The number of unbranched alkanes of at least 4 members (excludes halogenated alkanes) is 5. The average Bonchev–Trinajstić information content (AvgIpc) is 2.43. The highest BCUT2D eigenvalue weighted by Crippen LogP contribution is 2.22. The van der Waals surface area contributed by atoms with Crippen molar-refractivity contribution < 1.29 is 13.3 Å². The molecule has 0 rings (SSSR count). The van der Waals surface area contributed by atoms with Crippen molar-refractivity contribution in [3.63, 3.8) is 0 Å². The maximum absolute atomic E-state index is 6.07. The molecule has 0 amide bonds. The molecule has 0 heterocycles. The minimum atomic E-state index is -2.52. The van der Waals surface area contributed by atoms with E-state index in [1.165, 1.54) is 32.1 Å². The predicted molar refractivity (Wildman–Crippen MR) is 87.9 cm³/mol. The van der Waals surface area contributed by atoms with Crippen LogP contribution in [0.25, 0.3) is 0 Å². The summed E-state index contributed by atoms with van der Waals surface area (Å²) in [5.41, 5.74) is 0. The fraction of sp³-hybridized carbons (Fsp3) is 0.875. The van der Waals surface area contributed by atoms with E-state index in [2.05, 4.69) is 13.5 Å². The first-order chi connectivity index (χ1) is 9.64. The molecule has 0 aromatic rings. The topological polar surface area (TPSA) is 27.7 Å². The van der Waals surface area contributed by atoms with Crippen molar-refractivity contribution in [2.75, 3.05) is 13.2 Å². The Morgan fingerprint density at radius 1 is 0.950 bits per heavy atom. The van der Waals surface area contributed by atoms with E-state index in [0.29, 0.717) is 13.2 Å². The van der Waals surface area contributed by atoms with Crippen molar-refractivity contribution in [1.29, 1.82) is 0 Å². The molecule has 0 radical (unpaired) electrons. The van der Waals surface area contributed by atoms with E-state index in [1.807, 2.05) is 20.8 Å². The van der Waals surface area contributed by atoms with E-state index in [0.717, 1.165) is 12.5 Å². The number of rotatable bonds is 14. The Kier molecular flexibility index (Phi) is 12.5. The Labute approximate surface area is 127 Å². The van der Waals surface area contributed by atoms with Crippen LogP contribution in [0.2, 0.25) is 6.04 Å². The predicted octanol–water partition coefficient (Wildman–Crippen LogP) is 4.95. The summed E-state index contributed by atoms with van der Waals surface area (Å²) >= 11 is 0. The highest BCUT2D eigenvalue weighted by atomic mass is 28.4. The van der Waals surface area contributed by atoms with E-state index in [1.54, 1.807) is 6.08 Å². The summed E-state index contributed by atoms with van der Waals surface area (Å²) in [6, 6.07) is 0.916. The molecule has 1 atom stereocenters. The molecule has 0 bridgehead atoms. The third kappa shape index (κ3) is 8.90. The van der Waals surface area contributed by atoms with Crippen LogP contribution in [0.1, 0.15) is 66.2 Å². The monoisotopic (exact) mass is 302 g/mol. The molecule has 0 aliphatic carbocycles. The van der Waals surface area contributed by atoms with Crippen LogP contribution in [0, 0.1) is 0 Å². The lowest BCUT2D eigenvalue weighted by molar-refractivity contribution is 0.0518. The maximum Gasteiger partial charge on any atom is 0.501 e. The van der Waals surface area contributed by atoms with Crippen LogP contribution >= 0.6 is 0 Å². The standard InChI is InChI=1S/C16H34O3Si/c1-6-10-11-12-13-14-15-20(17-8-3,18-9-4)19-16(5)7-2/h7,16H,2,6,8-15H2,1,3-5H3. The molecule has 0 aliphatic heterocycles. The van der Waals surface area contributed by atoms with Crippen molar-refractivity contribution in [3.05, 3.63) is 12.7 Å². The Hall–Kier alpha value is -0.163. The van der Waals surface area contributed by atoms with Gasteiger partial charge in [-0.3, -0.25) is 0 Å². The lowest BCUT2D eigenvalue weighted by atomic mass is 10.1.